The van der Waals surface area contributed by atoms with Gasteiger partial charge < -0.3 is 14.6 Å². The summed E-state index contributed by atoms with van der Waals surface area (Å²) in [6, 6.07) is 3.36. The topological polar surface area (TPSA) is 72.8 Å². The molecule has 0 heterocycles. The van der Waals surface area contributed by atoms with Gasteiger partial charge in [0, 0.05) is 11.6 Å². The van der Waals surface area contributed by atoms with E-state index in [4.69, 9.17) is 4.74 Å². The molecule has 0 spiro atoms. The molecule has 108 valence electrons. The maximum atomic E-state index is 11.4. The highest BCUT2D eigenvalue weighted by atomic mass is 16.5. The largest absolute Gasteiger partial charge is 0.507 e. The number of aliphatic hydroxyl groups excluding tert-OH is 1. The van der Waals surface area contributed by atoms with Gasteiger partial charge in [0.25, 0.3) is 5.78 Å². The predicted octanol–water partition coefficient (Wildman–Crippen LogP) is 2.34. The smallest absolute Gasteiger partial charge is 0.378 e. The number of esters is 1. The molecule has 1 aromatic rings. The molecule has 0 aliphatic heterocycles. The number of hydrogen-bond donors (Lipinski definition) is 1. The fraction of sp³-hybridized carbons (Fsp3) is 0.333. The summed E-state index contributed by atoms with van der Waals surface area (Å²) in [5.41, 5.74) is 2.13. The van der Waals surface area contributed by atoms with Gasteiger partial charge in [-0.2, -0.15) is 0 Å². The first kappa shape index (κ1) is 15.8. The summed E-state index contributed by atoms with van der Waals surface area (Å²) in [5, 5.41) is 9.95. The van der Waals surface area contributed by atoms with Crippen molar-refractivity contribution in [2.24, 2.45) is 0 Å². The van der Waals surface area contributed by atoms with Gasteiger partial charge in [-0.15, -0.1) is 0 Å². The summed E-state index contributed by atoms with van der Waals surface area (Å²) < 4.78 is 9.74. The van der Waals surface area contributed by atoms with Crippen molar-refractivity contribution in [3.05, 3.63) is 34.9 Å². The lowest BCUT2D eigenvalue weighted by Crippen LogP contribution is -2.13. The maximum Gasteiger partial charge on any atom is 0.378 e. The Labute approximate surface area is 117 Å². The highest BCUT2D eigenvalue weighted by Gasteiger charge is 2.15. The number of carbonyl (C=O) groups excluding carboxylic acids is 2. The monoisotopic (exact) mass is 278 g/mol. The van der Waals surface area contributed by atoms with Crippen molar-refractivity contribution in [1.29, 1.82) is 0 Å². The molecule has 0 atom stereocenters. The molecular weight excluding hydrogens is 260 g/mol. The van der Waals surface area contributed by atoms with Crippen LogP contribution >= 0.6 is 0 Å². The zero-order valence-corrected chi connectivity index (χ0v) is 12.0. The number of benzene rings is 1. The minimum atomic E-state index is -1.02. The third-order valence-corrected chi connectivity index (χ3v) is 2.97. The van der Waals surface area contributed by atoms with Crippen molar-refractivity contribution >= 4 is 17.5 Å². The fourth-order valence-corrected chi connectivity index (χ4v) is 1.75. The molecule has 0 unspecified atom stereocenters. The predicted molar refractivity (Wildman–Crippen MR) is 74.7 cm³/mol. The first-order chi connectivity index (χ1) is 9.42. The van der Waals surface area contributed by atoms with Crippen molar-refractivity contribution in [1.82, 2.24) is 0 Å². The van der Waals surface area contributed by atoms with Crippen LogP contribution in [0.1, 0.15) is 23.6 Å². The van der Waals surface area contributed by atoms with E-state index < -0.39 is 11.8 Å². The lowest BCUT2D eigenvalue weighted by Gasteiger charge is -2.13. The van der Waals surface area contributed by atoms with Gasteiger partial charge in [-0.1, -0.05) is 0 Å². The van der Waals surface area contributed by atoms with Crippen molar-refractivity contribution in [2.75, 3.05) is 13.7 Å². The van der Waals surface area contributed by atoms with E-state index in [-0.39, 0.29) is 5.76 Å². The van der Waals surface area contributed by atoms with E-state index in [0.717, 1.165) is 30.1 Å². The van der Waals surface area contributed by atoms with Crippen LogP contribution in [0, 0.1) is 13.8 Å². The van der Waals surface area contributed by atoms with Crippen molar-refractivity contribution in [3.63, 3.8) is 0 Å². The average Bonchev–Trinajstić information content (AvgIpc) is 2.43. The summed E-state index contributed by atoms with van der Waals surface area (Å²) in [6.45, 7) is 6.09. The molecule has 1 rings (SSSR count). The van der Waals surface area contributed by atoms with Gasteiger partial charge in [0.05, 0.1) is 13.7 Å². The van der Waals surface area contributed by atoms with E-state index >= 15 is 0 Å². The number of aliphatic hydroxyl groups is 1. The lowest BCUT2D eigenvalue weighted by atomic mass is 10.0. The molecule has 1 N–H and O–H groups in total. The Kier molecular flexibility index (Phi) is 5.32. The Morgan fingerprint density at radius 1 is 1.25 bits per heavy atom. The normalized spacial score (nSPS) is 11.1. The number of ether oxygens (including phenoxy) is 2. The van der Waals surface area contributed by atoms with Gasteiger partial charge in [-0.25, -0.2) is 4.79 Å². The van der Waals surface area contributed by atoms with Crippen LogP contribution in [0.5, 0.6) is 5.75 Å². The van der Waals surface area contributed by atoms with Crippen molar-refractivity contribution in [2.45, 2.75) is 20.8 Å². The maximum absolute atomic E-state index is 11.4. The number of carbonyl (C=O) groups is 2. The van der Waals surface area contributed by atoms with E-state index in [9.17, 15) is 14.7 Å². The van der Waals surface area contributed by atoms with Crippen LogP contribution in [0.3, 0.4) is 0 Å². The van der Waals surface area contributed by atoms with Crippen LogP contribution in [0.15, 0.2) is 18.2 Å². The molecule has 0 radical (unpaired) electrons. The molecule has 0 aliphatic carbocycles. The Bertz CT molecular complexity index is 558. The molecule has 1 aromatic carbocycles. The summed E-state index contributed by atoms with van der Waals surface area (Å²) in [7, 11) is 1.11. The summed E-state index contributed by atoms with van der Waals surface area (Å²) in [4.78, 5) is 22.4. The summed E-state index contributed by atoms with van der Waals surface area (Å²) >= 11 is 0. The van der Waals surface area contributed by atoms with Gasteiger partial charge in [0.15, 0.2) is 0 Å². The van der Waals surface area contributed by atoms with Crippen molar-refractivity contribution in [3.8, 4) is 5.75 Å². The van der Waals surface area contributed by atoms with E-state index in [0.29, 0.717) is 12.2 Å². The average molecular weight is 278 g/mol. The number of hydrogen-bond acceptors (Lipinski definition) is 5. The Balaban J connectivity index is 3.14. The van der Waals surface area contributed by atoms with Crippen LogP contribution in [-0.4, -0.2) is 30.6 Å². The SMILES string of the molecule is CCOc1ccc(/C(O)=C\C(=O)C(=O)OC)c(C)c1C. The molecule has 0 fully saturated rings. The van der Waals surface area contributed by atoms with Crippen LogP contribution in [-0.2, 0) is 14.3 Å². The van der Waals surface area contributed by atoms with Gasteiger partial charge in [0.1, 0.15) is 11.5 Å². The molecule has 0 aromatic heterocycles. The highest BCUT2D eigenvalue weighted by molar-refractivity contribution is 6.39. The van der Waals surface area contributed by atoms with E-state index in [2.05, 4.69) is 4.74 Å². The van der Waals surface area contributed by atoms with Gasteiger partial charge in [-0.05, 0) is 44.0 Å². The second-order valence-electron chi connectivity index (χ2n) is 4.18. The molecule has 20 heavy (non-hydrogen) atoms. The van der Waals surface area contributed by atoms with Gasteiger partial charge in [-0.3, -0.25) is 4.79 Å². The molecule has 0 amide bonds. The quantitative estimate of drug-likeness (QED) is 0.387. The summed E-state index contributed by atoms with van der Waals surface area (Å²) in [5.74, 6) is -1.47. The fourth-order valence-electron chi connectivity index (χ4n) is 1.75. The molecule has 0 saturated heterocycles. The second kappa shape index (κ2) is 6.75. The third kappa shape index (κ3) is 3.38. The van der Waals surface area contributed by atoms with Crippen LogP contribution in [0.25, 0.3) is 5.76 Å². The third-order valence-electron chi connectivity index (χ3n) is 2.97. The minimum Gasteiger partial charge on any atom is -0.507 e. The summed E-state index contributed by atoms with van der Waals surface area (Å²) in [6.07, 6.45) is 0.855. The van der Waals surface area contributed by atoms with E-state index in [1.807, 2.05) is 13.8 Å². The van der Waals surface area contributed by atoms with Crippen LogP contribution < -0.4 is 4.74 Å². The molecule has 0 saturated carbocycles. The van der Waals surface area contributed by atoms with Gasteiger partial charge >= 0.3 is 5.97 Å². The first-order valence-electron chi connectivity index (χ1n) is 6.18. The minimum absolute atomic E-state index is 0.274. The molecule has 5 nitrogen and oxygen atoms in total. The van der Waals surface area contributed by atoms with E-state index in [1.54, 1.807) is 19.1 Å². The number of ketones is 1. The van der Waals surface area contributed by atoms with Crippen molar-refractivity contribution < 1.29 is 24.2 Å². The van der Waals surface area contributed by atoms with Crippen LogP contribution in [0.4, 0.5) is 0 Å². The molecule has 5 heteroatoms. The molecular formula is C15H18O5. The van der Waals surface area contributed by atoms with Gasteiger partial charge in [0.2, 0.25) is 0 Å². The highest BCUT2D eigenvalue weighted by Crippen LogP contribution is 2.27. The first-order valence-corrected chi connectivity index (χ1v) is 6.18. The molecule has 0 bridgehead atoms. The van der Waals surface area contributed by atoms with Crippen LogP contribution in [0.2, 0.25) is 0 Å². The standard InChI is InChI=1S/C15H18O5/c1-5-20-14-7-6-11(9(2)10(14)3)12(16)8-13(17)15(18)19-4/h6-8,16H,5H2,1-4H3/b12-8+. The zero-order valence-electron chi connectivity index (χ0n) is 12.0. The molecule has 0 aliphatic rings. The second-order valence-corrected chi connectivity index (χ2v) is 4.18. The Hall–Kier alpha value is -2.30. The number of rotatable bonds is 5. The lowest BCUT2D eigenvalue weighted by molar-refractivity contribution is -0.149. The Morgan fingerprint density at radius 2 is 1.90 bits per heavy atom. The zero-order chi connectivity index (χ0) is 15.3. The number of methoxy groups -OCH3 is 1. The Morgan fingerprint density at radius 3 is 2.45 bits per heavy atom. The van der Waals surface area contributed by atoms with E-state index in [1.165, 1.54) is 0 Å².